The summed E-state index contributed by atoms with van der Waals surface area (Å²) >= 11 is 0. The van der Waals surface area contributed by atoms with E-state index in [-0.39, 0.29) is 5.75 Å². The van der Waals surface area contributed by atoms with E-state index in [1.54, 1.807) is 35.4 Å². The van der Waals surface area contributed by atoms with Crippen molar-refractivity contribution in [2.75, 3.05) is 19.0 Å². The van der Waals surface area contributed by atoms with Crippen molar-refractivity contribution in [2.45, 2.75) is 6.42 Å². The lowest BCUT2D eigenvalue weighted by atomic mass is 10.1. The summed E-state index contributed by atoms with van der Waals surface area (Å²) in [6, 6.07) is 9.16. The summed E-state index contributed by atoms with van der Waals surface area (Å²) in [7, 11) is 3.39. The van der Waals surface area contributed by atoms with Crippen molar-refractivity contribution >= 4 is 16.9 Å². The van der Waals surface area contributed by atoms with Gasteiger partial charge in [0.05, 0.1) is 18.7 Å². The number of ether oxygens (including phenoxy) is 1. The van der Waals surface area contributed by atoms with Crippen LogP contribution < -0.4 is 10.1 Å². The van der Waals surface area contributed by atoms with Crippen LogP contribution in [-0.2, 0) is 13.5 Å². The largest absolute Gasteiger partial charge is 0.504 e. The molecule has 0 bridgehead atoms. The first-order valence-electron chi connectivity index (χ1n) is 8.85. The van der Waals surface area contributed by atoms with Crippen LogP contribution >= 0.6 is 0 Å². The van der Waals surface area contributed by atoms with Gasteiger partial charge in [-0.2, -0.15) is 5.10 Å². The number of pyridine rings is 1. The van der Waals surface area contributed by atoms with Crippen LogP contribution in [0.3, 0.4) is 0 Å². The standard InChI is InChI=1S/C20H20N6O2/c1-26-20-15(12-23-26)19(24-18(25-20)14-6-8-21-9-7-14)22-10-5-13-3-4-17(28-2)16(27)11-13/h3-4,6-9,11-12,27H,5,10H2,1-2H3,(H,22,24,25). The number of aromatic nitrogens is 5. The molecule has 0 fully saturated rings. The van der Waals surface area contributed by atoms with Gasteiger partial charge in [-0.3, -0.25) is 9.67 Å². The van der Waals surface area contributed by atoms with Gasteiger partial charge in [0.1, 0.15) is 5.82 Å². The van der Waals surface area contributed by atoms with Gasteiger partial charge in [0.2, 0.25) is 0 Å². The van der Waals surface area contributed by atoms with E-state index in [1.165, 1.54) is 7.11 Å². The van der Waals surface area contributed by atoms with E-state index in [1.807, 2.05) is 25.2 Å². The average Bonchev–Trinajstić information content (AvgIpc) is 3.10. The van der Waals surface area contributed by atoms with Crippen molar-refractivity contribution in [1.82, 2.24) is 24.7 Å². The predicted molar refractivity (Wildman–Crippen MR) is 106 cm³/mol. The molecule has 0 saturated carbocycles. The molecule has 0 radical (unpaired) electrons. The molecular weight excluding hydrogens is 356 g/mol. The van der Waals surface area contributed by atoms with Crippen molar-refractivity contribution in [3.05, 3.63) is 54.5 Å². The maximum absolute atomic E-state index is 9.93. The van der Waals surface area contributed by atoms with E-state index in [0.29, 0.717) is 24.5 Å². The number of nitrogens with zero attached hydrogens (tertiary/aromatic N) is 5. The molecule has 4 aromatic rings. The molecule has 0 spiro atoms. The van der Waals surface area contributed by atoms with Crippen molar-refractivity contribution in [2.24, 2.45) is 7.05 Å². The average molecular weight is 376 g/mol. The number of phenols is 1. The van der Waals surface area contributed by atoms with E-state index in [2.05, 4.69) is 25.4 Å². The number of aromatic hydroxyl groups is 1. The zero-order chi connectivity index (χ0) is 19.5. The van der Waals surface area contributed by atoms with Gasteiger partial charge in [-0.25, -0.2) is 9.97 Å². The fourth-order valence-corrected chi connectivity index (χ4v) is 3.00. The van der Waals surface area contributed by atoms with Gasteiger partial charge in [0, 0.05) is 31.5 Å². The third kappa shape index (κ3) is 3.44. The van der Waals surface area contributed by atoms with Crippen LogP contribution in [0.1, 0.15) is 5.56 Å². The fourth-order valence-electron chi connectivity index (χ4n) is 3.00. The summed E-state index contributed by atoms with van der Waals surface area (Å²) in [5, 5.41) is 18.5. The molecule has 2 N–H and O–H groups in total. The quantitative estimate of drug-likeness (QED) is 0.534. The maximum atomic E-state index is 9.93. The highest BCUT2D eigenvalue weighted by molar-refractivity contribution is 5.88. The molecule has 8 heteroatoms. The molecule has 8 nitrogen and oxygen atoms in total. The van der Waals surface area contributed by atoms with E-state index in [9.17, 15) is 5.11 Å². The van der Waals surface area contributed by atoms with Crippen LogP contribution in [0.2, 0.25) is 0 Å². The zero-order valence-electron chi connectivity index (χ0n) is 15.6. The Morgan fingerprint density at radius 1 is 1.14 bits per heavy atom. The summed E-state index contributed by atoms with van der Waals surface area (Å²) in [5.74, 6) is 1.94. The molecule has 3 heterocycles. The Morgan fingerprint density at radius 2 is 1.96 bits per heavy atom. The van der Waals surface area contributed by atoms with Crippen molar-refractivity contribution in [1.29, 1.82) is 0 Å². The summed E-state index contributed by atoms with van der Waals surface area (Å²) in [6.45, 7) is 0.641. The molecule has 0 unspecified atom stereocenters. The second-order valence-corrected chi connectivity index (χ2v) is 6.32. The second-order valence-electron chi connectivity index (χ2n) is 6.32. The lowest BCUT2D eigenvalue weighted by molar-refractivity contribution is 0.373. The van der Waals surface area contributed by atoms with Gasteiger partial charge >= 0.3 is 0 Å². The number of hydrogen-bond acceptors (Lipinski definition) is 7. The van der Waals surface area contributed by atoms with Gasteiger partial charge in [-0.1, -0.05) is 6.07 Å². The van der Waals surface area contributed by atoms with Gasteiger partial charge in [-0.15, -0.1) is 0 Å². The van der Waals surface area contributed by atoms with Gasteiger partial charge in [-0.05, 0) is 36.2 Å². The number of hydrogen-bond donors (Lipinski definition) is 2. The number of benzene rings is 1. The Balaban J connectivity index is 1.58. The predicted octanol–water partition coefficient (Wildman–Crippen LogP) is 2.79. The Morgan fingerprint density at radius 3 is 2.71 bits per heavy atom. The van der Waals surface area contributed by atoms with Crippen LogP contribution in [-0.4, -0.2) is 43.5 Å². The smallest absolute Gasteiger partial charge is 0.164 e. The number of rotatable bonds is 6. The lowest BCUT2D eigenvalue weighted by Crippen LogP contribution is -2.08. The highest BCUT2D eigenvalue weighted by atomic mass is 16.5. The molecule has 3 aromatic heterocycles. The third-order valence-corrected chi connectivity index (χ3v) is 4.48. The molecule has 28 heavy (non-hydrogen) atoms. The number of fused-ring (bicyclic) bond motifs is 1. The minimum Gasteiger partial charge on any atom is -0.504 e. The molecule has 0 aliphatic rings. The van der Waals surface area contributed by atoms with Crippen LogP contribution in [0.25, 0.3) is 22.4 Å². The van der Waals surface area contributed by atoms with Crippen molar-refractivity contribution < 1.29 is 9.84 Å². The highest BCUT2D eigenvalue weighted by Crippen LogP contribution is 2.27. The number of anilines is 1. The summed E-state index contributed by atoms with van der Waals surface area (Å²) in [6.07, 6.45) is 5.91. The number of aryl methyl sites for hydroxylation is 1. The summed E-state index contributed by atoms with van der Waals surface area (Å²) in [4.78, 5) is 13.4. The molecule has 0 saturated heterocycles. The minimum absolute atomic E-state index is 0.136. The van der Waals surface area contributed by atoms with Gasteiger partial charge in [0.15, 0.2) is 23.0 Å². The lowest BCUT2D eigenvalue weighted by Gasteiger charge is -2.10. The zero-order valence-corrected chi connectivity index (χ0v) is 15.6. The maximum Gasteiger partial charge on any atom is 0.164 e. The Labute approximate surface area is 161 Å². The number of methoxy groups -OCH3 is 1. The summed E-state index contributed by atoms with van der Waals surface area (Å²) in [5.41, 5.74) is 2.64. The topological polar surface area (TPSA) is 98.0 Å². The van der Waals surface area contributed by atoms with Gasteiger partial charge in [0.25, 0.3) is 0 Å². The molecule has 1 aromatic carbocycles. The number of nitrogens with one attached hydrogen (secondary N) is 1. The molecule has 0 aliphatic heterocycles. The first kappa shape index (κ1) is 17.7. The van der Waals surface area contributed by atoms with Gasteiger partial charge < -0.3 is 15.2 Å². The minimum atomic E-state index is 0.136. The van der Waals surface area contributed by atoms with Crippen LogP contribution in [0.5, 0.6) is 11.5 Å². The van der Waals surface area contributed by atoms with E-state index in [4.69, 9.17) is 4.74 Å². The first-order chi connectivity index (χ1) is 13.7. The molecule has 142 valence electrons. The van der Waals surface area contributed by atoms with Crippen molar-refractivity contribution in [3.63, 3.8) is 0 Å². The monoisotopic (exact) mass is 376 g/mol. The van der Waals surface area contributed by atoms with E-state index < -0.39 is 0 Å². The fraction of sp³-hybridized carbons (Fsp3) is 0.200. The van der Waals surface area contributed by atoms with Crippen LogP contribution in [0.4, 0.5) is 5.82 Å². The molecule has 0 amide bonds. The third-order valence-electron chi connectivity index (χ3n) is 4.48. The highest BCUT2D eigenvalue weighted by Gasteiger charge is 2.13. The molecule has 4 rings (SSSR count). The Kier molecular flexibility index (Phi) is 4.76. The van der Waals surface area contributed by atoms with E-state index in [0.717, 1.165) is 28.0 Å². The molecular formula is C20H20N6O2. The molecule has 0 aliphatic carbocycles. The Hall–Kier alpha value is -3.68. The SMILES string of the molecule is COc1ccc(CCNc2nc(-c3ccncc3)nc3c2cnn3C)cc1O. The van der Waals surface area contributed by atoms with Crippen LogP contribution in [0, 0.1) is 0 Å². The van der Waals surface area contributed by atoms with Crippen molar-refractivity contribution in [3.8, 4) is 22.9 Å². The number of phenolic OH excluding ortho intramolecular Hbond substituents is 1. The van der Waals surface area contributed by atoms with Crippen LogP contribution in [0.15, 0.2) is 48.9 Å². The Bertz CT molecular complexity index is 1110. The first-order valence-corrected chi connectivity index (χ1v) is 8.85. The summed E-state index contributed by atoms with van der Waals surface area (Å²) < 4.78 is 6.81. The normalized spacial score (nSPS) is 10.9. The molecule has 0 atom stereocenters. The second kappa shape index (κ2) is 7.51. The van der Waals surface area contributed by atoms with E-state index >= 15 is 0 Å².